The first-order chi connectivity index (χ1) is 9.31. The molecule has 0 unspecified atom stereocenters. The van der Waals surface area contributed by atoms with Crippen LogP contribution in [0.3, 0.4) is 0 Å². The summed E-state index contributed by atoms with van der Waals surface area (Å²) in [5.74, 6) is 0. The van der Waals surface area contributed by atoms with Gasteiger partial charge in [0.15, 0.2) is 0 Å². The van der Waals surface area contributed by atoms with E-state index in [1.807, 2.05) is 0 Å². The van der Waals surface area contributed by atoms with Crippen LogP contribution in [0, 0.1) is 0 Å². The minimum atomic E-state index is 0.318. The zero-order valence-electron chi connectivity index (χ0n) is 12.0. The smallest absolute Gasteiger partial charge is 0.0431 e. The first-order valence-electron chi connectivity index (χ1n) is 7.46. The van der Waals surface area contributed by atoms with Gasteiger partial charge in [0.25, 0.3) is 0 Å². The molecule has 0 aromatic heterocycles. The standard InChI is InChI=1S/C16H26N2O/c1-18-10-5-6-15-12-14(7-8-16(15)18)13-17-9-3-2-4-11-19/h7-8,12,17,19H,2-6,9-11,13H2,1H3. The number of hydrogen-bond acceptors (Lipinski definition) is 3. The number of nitrogens with zero attached hydrogens (tertiary/aromatic N) is 1. The summed E-state index contributed by atoms with van der Waals surface area (Å²) in [5.41, 5.74) is 4.28. The van der Waals surface area contributed by atoms with Crippen molar-refractivity contribution in [2.24, 2.45) is 0 Å². The van der Waals surface area contributed by atoms with Crippen molar-refractivity contribution in [1.29, 1.82) is 0 Å². The number of benzene rings is 1. The van der Waals surface area contributed by atoms with E-state index in [1.54, 1.807) is 0 Å². The van der Waals surface area contributed by atoms with Gasteiger partial charge in [0.2, 0.25) is 0 Å². The zero-order valence-corrected chi connectivity index (χ0v) is 12.0. The summed E-state index contributed by atoms with van der Waals surface area (Å²) >= 11 is 0. The lowest BCUT2D eigenvalue weighted by atomic mass is 9.99. The fraction of sp³-hybridized carbons (Fsp3) is 0.625. The largest absolute Gasteiger partial charge is 0.396 e. The number of fused-ring (bicyclic) bond motifs is 1. The van der Waals surface area contributed by atoms with Crippen molar-refractivity contribution in [2.75, 3.05) is 31.6 Å². The van der Waals surface area contributed by atoms with E-state index in [0.717, 1.165) is 32.4 Å². The molecule has 0 saturated carbocycles. The van der Waals surface area contributed by atoms with Gasteiger partial charge in [0.05, 0.1) is 0 Å². The SMILES string of the molecule is CN1CCCc2cc(CNCCCCCO)ccc21. The van der Waals surface area contributed by atoms with Crippen LogP contribution in [0.1, 0.15) is 36.8 Å². The Morgan fingerprint density at radius 1 is 1.26 bits per heavy atom. The van der Waals surface area contributed by atoms with Crippen molar-refractivity contribution < 1.29 is 5.11 Å². The van der Waals surface area contributed by atoms with Crippen molar-refractivity contribution in [3.8, 4) is 0 Å². The lowest BCUT2D eigenvalue weighted by molar-refractivity contribution is 0.283. The average molecular weight is 262 g/mol. The van der Waals surface area contributed by atoms with Gasteiger partial charge in [-0.1, -0.05) is 12.1 Å². The Bertz CT molecular complexity index is 392. The van der Waals surface area contributed by atoms with Crippen LogP contribution < -0.4 is 10.2 Å². The van der Waals surface area contributed by atoms with Crippen molar-refractivity contribution >= 4 is 5.69 Å². The predicted octanol–water partition coefficient (Wildman–Crippen LogP) is 2.32. The number of aryl methyl sites for hydroxylation is 1. The van der Waals surface area contributed by atoms with Crippen molar-refractivity contribution in [1.82, 2.24) is 5.32 Å². The molecule has 2 rings (SSSR count). The molecule has 1 aromatic carbocycles. The van der Waals surface area contributed by atoms with E-state index in [0.29, 0.717) is 6.61 Å². The van der Waals surface area contributed by atoms with E-state index < -0.39 is 0 Å². The van der Waals surface area contributed by atoms with Gasteiger partial charge in [-0.05, 0) is 55.8 Å². The molecule has 0 radical (unpaired) electrons. The Morgan fingerprint density at radius 2 is 2.16 bits per heavy atom. The van der Waals surface area contributed by atoms with E-state index >= 15 is 0 Å². The number of aliphatic hydroxyl groups excluding tert-OH is 1. The van der Waals surface area contributed by atoms with Gasteiger partial charge in [0, 0.05) is 32.4 Å². The predicted molar refractivity (Wildman–Crippen MR) is 80.7 cm³/mol. The van der Waals surface area contributed by atoms with Gasteiger partial charge in [-0.15, -0.1) is 0 Å². The van der Waals surface area contributed by atoms with Crippen LogP contribution >= 0.6 is 0 Å². The normalized spacial score (nSPS) is 14.5. The fourth-order valence-electron chi connectivity index (χ4n) is 2.72. The highest BCUT2D eigenvalue weighted by molar-refractivity contribution is 5.56. The van der Waals surface area contributed by atoms with Crippen LogP contribution in [0.2, 0.25) is 0 Å². The van der Waals surface area contributed by atoms with Gasteiger partial charge in [-0.2, -0.15) is 0 Å². The second kappa shape index (κ2) is 7.51. The molecule has 1 heterocycles. The first kappa shape index (κ1) is 14.4. The molecule has 0 amide bonds. The summed E-state index contributed by atoms with van der Waals surface area (Å²) in [6, 6.07) is 6.85. The third-order valence-corrected chi connectivity index (χ3v) is 3.84. The van der Waals surface area contributed by atoms with Crippen LogP contribution in [-0.4, -0.2) is 31.9 Å². The first-order valence-corrected chi connectivity index (χ1v) is 7.46. The Kier molecular flexibility index (Phi) is 5.67. The Hall–Kier alpha value is -1.06. The van der Waals surface area contributed by atoms with Crippen molar-refractivity contribution in [3.63, 3.8) is 0 Å². The molecule has 0 atom stereocenters. The Labute approximate surface area is 116 Å². The third kappa shape index (κ3) is 4.22. The highest BCUT2D eigenvalue weighted by atomic mass is 16.2. The van der Waals surface area contributed by atoms with Gasteiger partial charge in [-0.25, -0.2) is 0 Å². The van der Waals surface area contributed by atoms with Crippen molar-refractivity contribution in [3.05, 3.63) is 29.3 Å². The maximum atomic E-state index is 8.71. The van der Waals surface area contributed by atoms with Crippen LogP contribution in [0.4, 0.5) is 5.69 Å². The van der Waals surface area contributed by atoms with Gasteiger partial charge >= 0.3 is 0 Å². The molecule has 106 valence electrons. The monoisotopic (exact) mass is 262 g/mol. The van der Waals surface area contributed by atoms with Gasteiger partial charge in [0.1, 0.15) is 0 Å². The Morgan fingerprint density at radius 3 is 3.00 bits per heavy atom. The second-order valence-electron chi connectivity index (χ2n) is 5.45. The summed E-state index contributed by atoms with van der Waals surface area (Å²) in [5, 5.41) is 12.2. The molecular formula is C16H26N2O. The highest BCUT2D eigenvalue weighted by Gasteiger charge is 2.13. The van der Waals surface area contributed by atoms with E-state index in [-0.39, 0.29) is 0 Å². The Balaban J connectivity index is 1.78. The molecule has 0 spiro atoms. The molecule has 0 fully saturated rings. The summed E-state index contributed by atoms with van der Waals surface area (Å²) in [6.07, 6.45) is 5.66. The molecule has 0 saturated heterocycles. The maximum absolute atomic E-state index is 8.71. The van der Waals surface area contributed by atoms with E-state index in [1.165, 1.54) is 36.2 Å². The van der Waals surface area contributed by atoms with Gasteiger partial charge < -0.3 is 15.3 Å². The molecule has 0 aliphatic carbocycles. The summed E-state index contributed by atoms with van der Waals surface area (Å²) < 4.78 is 0. The maximum Gasteiger partial charge on any atom is 0.0431 e. The quantitative estimate of drug-likeness (QED) is 0.740. The lowest BCUT2D eigenvalue weighted by Crippen LogP contribution is -2.25. The molecule has 19 heavy (non-hydrogen) atoms. The number of anilines is 1. The molecule has 1 aliphatic heterocycles. The number of nitrogens with one attached hydrogen (secondary N) is 1. The summed E-state index contributed by atoms with van der Waals surface area (Å²) in [4.78, 5) is 2.35. The number of rotatable bonds is 7. The fourth-order valence-corrected chi connectivity index (χ4v) is 2.72. The zero-order chi connectivity index (χ0) is 13.5. The molecule has 2 N–H and O–H groups in total. The van der Waals surface area contributed by atoms with Gasteiger partial charge in [-0.3, -0.25) is 0 Å². The second-order valence-corrected chi connectivity index (χ2v) is 5.45. The van der Waals surface area contributed by atoms with E-state index in [9.17, 15) is 0 Å². The molecule has 0 bridgehead atoms. The van der Waals surface area contributed by atoms with Crippen LogP contribution in [0.15, 0.2) is 18.2 Å². The van der Waals surface area contributed by atoms with E-state index in [2.05, 4.69) is 35.5 Å². The molecule has 3 nitrogen and oxygen atoms in total. The average Bonchev–Trinajstić information content (AvgIpc) is 2.43. The van der Waals surface area contributed by atoms with E-state index in [4.69, 9.17) is 5.11 Å². The third-order valence-electron chi connectivity index (χ3n) is 3.84. The molecule has 1 aromatic rings. The molecule has 3 heteroatoms. The molecular weight excluding hydrogens is 236 g/mol. The van der Waals surface area contributed by atoms with Crippen molar-refractivity contribution in [2.45, 2.75) is 38.6 Å². The number of unbranched alkanes of at least 4 members (excludes halogenated alkanes) is 2. The molecule has 1 aliphatic rings. The minimum absolute atomic E-state index is 0.318. The number of aliphatic hydroxyl groups is 1. The van der Waals surface area contributed by atoms with Crippen LogP contribution in [0.25, 0.3) is 0 Å². The highest BCUT2D eigenvalue weighted by Crippen LogP contribution is 2.26. The lowest BCUT2D eigenvalue weighted by Gasteiger charge is -2.27. The minimum Gasteiger partial charge on any atom is -0.396 e. The topological polar surface area (TPSA) is 35.5 Å². The summed E-state index contributed by atoms with van der Waals surface area (Å²) in [7, 11) is 2.18. The summed E-state index contributed by atoms with van der Waals surface area (Å²) in [6.45, 7) is 3.49. The number of hydrogen-bond donors (Lipinski definition) is 2. The van der Waals surface area contributed by atoms with Crippen LogP contribution in [0.5, 0.6) is 0 Å². The van der Waals surface area contributed by atoms with Crippen LogP contribution in [-0.2, 0) is 13.0 Å².